The van der Waals surface area contributed by atoms with E-state index in [2.05, 4.69) is 65.5 Å². The van der Waals surface area contributed by atoms with Gasteiger partial charge in [-0.25, -0.2) is 0 Å². The molecule has 0 heterocycles. The van der Waals surface area contributed by atoms with E-state index in [0.717, 1.165) is 0 Å². The second-order valence-electron chi connectivity index (χ2n) is 6.80. The molecule has 0 aliphatic heterocycles. The summed E-state index contributed by atoms with van der Waals surface area (Å²) in [5.41, 5.74) is 8.12. The molecule has 0 N–H and O–H groups in total. The van der Waals surface area contributed by atoms with Crippen LogP contribution in [-0.2, 0) is 20.4 Å². The average molecular weight is 329 g/mol. The summed E-state index contributed by atoms with van der Waals surface area (Å²) < 4.78 is 0.387. The van der Waals surface area contributed by atoms with Crippen molar-refractivity contribution in [3.63, 3.8) is 0 Å². The SMILES string of the molecule is CC1=CC2=C(CCCC2)[C]1([Ti])C[SiH2]c1cccc(C)c1C. The van der Waals surface area contributed by atoms with Crippen LogP contribution in [0.1, 0.15) is 43.7 Å². The molecule has 21 heavy (non-hydrogen) atoms. The van der Waals surface area contributed by atoms with Crippen molar-refractivity contribution in [3.8, 4) is 0 Å². The van der Waals surface area contributed by atoms with Crippen LogP contribution in [-0.4, -0.2) is 9.52 Å². The number of benzene rings is 1. The molecule has 3 rings (SSSR count). The van der Waals surface area contributed by atoms with E-state index < -0.39 is 0 Å². The molecule has 0 spiro atoms. The van der Waals surface area contributed by atoms with E-state index in [1.807, 2.05) is 0 Å². The molecular formula is C19H25SiTi. The first-order valence-electron chi connectivity index (χ1n) is 8.24. The molecule has 2 aliphatic rings. The number of rotatable bonds is 3. The Morgan fingerprint density at radius 2 is 1.90 bits per heavy atom. The van der Waals surface area contributed by atoms with Crippen LogP contribution < -0.4 is 5.19 Å². The summed E-state index contributed by atoms with van der Waals surface area (Å²) >= 11 is 2.52. The van der Waals surface area contributed by atoms with E-state index in [1.54, 1.807) is 27.5 Å². The van der Waals surface area contributed by atoms with Gasteiger partial charge < -0.3 is 0 Å². The fourth-order valence-corrected chi connectivity index (χ4v) is 7.39. The maximum absolute atomic E-state index is 2.52. The van der Waals surface area contributed by atoms with Gasteiger partial charge in [0.2, 0.25) is 0 Å². The number of allylic oxidation sites excluding steroid dienone is 4. The van der Waals surface area contributed by atoms with Crippen LogP contribution in [0.25, 0.3) is 0 Å². The topological polar surface area (TPSA) is 0 Å². The Morgan fingerprint density at radius 3 is 2.71 bits per heavy atom. The van der Waals surface area contributed by atoms with Crippen LogP contribution >= 0.6 is 0 Å². The van der Waals surface area contributed by atoms with Gasteiger partial charge in [-0.15, -0.1) is 0 Å². The number of hydrogen-bond acceptors (Lipinski definition) is 0. The Bertz CT molecular complexity index is 626. The molecule has 1 aromatic rings. The Kier molecular flexibility index (Phi) is 4.45. The third-order valence-electron chi connectivity index (χ3n) is 5.58. The Balaban J connectivity index is 1.82. The summed E-state index contributed by atoms with van der Waals surface area (Å²) in [6.07, 6.45) is 7.99. The van der Waals surface area contributed by atoms with Gasteiger partial charge >= 0.3 is 143 Å². The van der Waals surface area contributed by atoms with E-state index in [0.29, 0.717) is 3.72 Å². The van der Waals surface area contributed by atoms with Gasteiger partial charge in [-0.2, -0.15) is 0 Å². The predicted octanol–water partition coefficient (Wildman–Crippen LogP) is 4.05. The third-order valence-corrected chi connectivity index (χ3v) is 10.1. The van der Waals surface area contributed by atoms with Crippen LogP contribution in [0.2, 0.25) is 9.76 Å². The molecule has 0 fully saturated rings. The molecule has 1 unspecified atom stereocenters. The van der Waals surface area contributed by atoms with Gasteiger partial charge in [-0.3, -0.25) is 0 Å². The quantitative estimate of drug-likeness (QED) is 0.734. The fourth-order valence-electron chi connectivity index (χ4n) is 3.95. The van der Waals surface area contributed by atoms with Gasteiger partial charge in [0.05, 0.1) is 0 Å². The first kappa shape index (κ1) is 15.5. The second kappa shape index (κ2) is 6.02. The van der Waals surface area contributed by atoms with Gasteiger partial charge in [0.15, 0.2) is 0 Å². The number of aryl methyl sites for hydroxylation is 1. The van der Waals surface area contributed by atoms with Crippen molar-refractivity contribution in [1.29, 1.82) is 0 Å². The van der Waals surface area contributed by atoms with Crippen molar-refractivity contribution in [3.05, 3.63) is 52.1 Å². The van der Waals surface area contributed by atoms with Gasteiger partial charge in [0.1, 0.15) is 0 Å². The molecule has 0 saturated carbocycles. The summed E-state index contributed by atoms with van der Waals surface area (Å²) in [6.45, 7) is 6.93. The van der Waals surface area contributed by atoms with Crippen molar-refractivity contribution in [2.75, 3.05) is 0 Å². The summed E-state index contributed by atoms with van der Waals surface area (Å²) in [6, 6.07) is 8.27. The van der Waals surface area contributed by atoms with Crippen LogP contribution in [0.3, 0.4) is 0 Å². The monoisotopic (exact) mass is 329 g/mol. The van der Waals surface area contributed by atoms with Gasteiger partial charge in [-0.1, -0.05) is 0 Å². The Hall–Kier alpha value is -0.369. The van der Waals surface area contributed by atoms with E-state index in [1.165, 1.54) is 37.3 Å². The molecule has 0 radical (unpaired) electrons. The van der Waals surface area contributed by atoms with Crippen LogP contribution in [0.15, 0.2) is 41.0 Å². The summed E-state index contributed by atoms with van der Waals surface area (Å²) in [4.78, 5) is 0. The van der Waals surface area contributed by atoms with Crippen molar-refractivity contribution < 1.29 is 20.4 Å². The normalized spacial score (nSPS) is 25.5. The Morgan fingerprint density at radius 1 is 1.14 bits per heavy atom. The maximum atomic E-state index is 2.52. The van der Waals surface area contributed by atoms with Gasteiger partial charge in [-0.05, 0) is 0 Å². The zero-order valence-corrected chi connectivity index (χ0v) is 16.5. The molecule has 0 nitrogen and oxygen atoms in total. The minimum atomic E-state index is -0.202. The molecule has 109 valence electrons. The molecule has 2 heteroatoms. The van der Waals surface area contributed by atoms with Crippen LogP contribution in [0, 0.1) is 13.8 Å². The third kappa shape index (κ3) is 2.81. The molecule has 0 aromatic heterocycles. The van der Waals surface area contributed by atoms with Crippen molar-refractivity contribution >= 4 is 14.7 Å². The van der Waals surface area contributed by atoms with E-state index >= 15 is 0 Å². The fraction of sp³-hybridized carbons (Fsp3) is 0.474. The van der Waals surface area contributed by atoms with Crippen LogP contribution in [0.5, 0.6) is 0 Å². The first-order chi connectivity index (χ1) is 10.0. The van der Waals surface area contributed by atoms with Crippen LogP contribution in [0.4, 0.5) is 0 Å². The Labute approximate surface area is 143 Å². The summed E-state index contributed by atoms with van der Waals surface area (Å²) in [7, 11) is -0.202. The molecule has 0 bridgehead atoms. The molecule has 2 aliphatic carbocycles. The molecule has 0 amide bonds. The standard InChI is InChI=1S/C19H25Si.Ti/c1-13-7-6-10-19(15(13)3)20-12-18-14(2)11-16-8-4-5-9-17(16)18;/h6-7,10-11H,4-5,8-9,12,20H2,1-3H3;. The zero-order chi connectivity index (χ0) is 15.0. The summed E-state index contributed by atoms with van der Waals surface area (Å²) in [5.74, 6) is 0. The van der Waals surface area contributed by atoms with Crippen molar-refractivity contribution in [2.24, 2.45) is 0 Å². The number of hydrogen-bond donors (Lipinski definition) is 0. The minimum absolute atomic E-state index is 0.202. The van der Waals surface area contributed by atoms with Gasteiger partial charge in [0, 0.05) is 0 Å². The average Bonchev–Trinajstić information content (AvgIpc) is 2.73. The summed E-state index contributed by atoms with van der Waals surface area (Å²) in [5, 5.41) is 1.67. The predicted molar refractivity (Wildman–Crippen MR) is 90.8 cm³/mol. The van der Waals surface area contributed by atoms with Crippen molar-refractivity contribution in [1.82, 2.24) is 0 Å². The van der Waals surface area contributed by atoms with Crippen molar-refractivity contribution in [2.45, 2.75) is 56.2 Å². The zero-order valence-electron chi connectivity index (χ0n) is 13.6. The van der Waals surface area contributed by atoms with E-state index in [4.69, 9.17) is 0 Å². The molecular weight excluding hydrogens is 304 g/mol. The molecule has 0 saturated heterocycles. The van der Waals surface area contributed by atoms with E-state index in [9.17, 15) is 0 Å². The van der Waals surface area contributed by atoms with Gasteiger partial charge in [0.25, 0.3) is 0 Å². The molecule has 1 aromatic carbocycles. The first-order valence-corrected chi connectivity index (χ1v) is 10.7. The second-order valence-corrected chi connectivity index (χ2v) is 9.90. The molecule has 1 atom stereocenters. The van der Waals surface area contributed by atoms with E-state index in [-0.39, 0.29) is 9.52 Å².